The van der Waals surface area contributed by atoms with E-state index in [-0.39, 0.29) is 11.9 Å². The Kier molecular flexibility index (Phi) is 4.49. The van der Waals surface area contributed by atoms with Crippen LogP contribution in [0.2, 0.25) is 0 Å². The number of piperazine rings is 1. The molecule has 2 aliphatic rings. The molecule has 1 saturated heterocycles. The van der Waals surface area contributed by atoms with Crippen LogP contribution in [-0.2, 0) is 11.2 Å². The number of fused-ring (bicyclic) bond motifs is 1. The van der Waals surface area contributed by atoms with Gasteiger partial charge in [0.1, 0.15) is 16.9 Å². The number of ketones is 1. The molecule has 1 aromatic rings. The Morgan fingerprint density at radius 3 is 2.76 bits per heavy atom. The highest BCUT2D eigenvalue weighted by atomic mass is 16.6. The molecule has 25 heavy (non-hydrogen) atoms. The first-order valence-electron chi connectivity index (χ1n) is 8.69. The van der Waals surface area contributed by atoms with Crippen molar-refractivity contribution in [2.45, 2.75) is 44.8 Å². The Hall–Kier alpha value is -2.08. The number of amides is 1. The third-order valence-corrected chi connectivity index (χ3v) is 4.77. The molecule has 1 aliphatic heterocycles. The van der Waals surface area contributed by atoms with Crippen molar-refractivity contribution in [3.05, 3.63) is 29.3 Å². The van der Waals surface area contributed by atoms with Crippen molar-refractivity contribution in [3.63, 3.8) is 0 Å². The average molecular weight is 346 g/mol. The predicted octanol–water partition coefficient (Wildman–Crippen LogP) is 2.40. The summed E-state index contributed by atoms with van der Waals surface area (Å²) in [4.78, 5) is 27.2. The number of carbonyl (C=O) groups excluding carboxylic acids is 2. The van der Waals surface area contributed by atoms with Gasteiger partial charge in [-0.2, -0.15) is 0 Å². The molecule has 1 aliphatic carbocycles. The summed E-state index contributed by atoms with van der Waals surface area (Å²) in [5.41, 5.74) is 0.447. The Morgan fingerprint density at radius 1 is 1.32 bits per heavy atom. The fourth-order valence-corrected chi connectivity index (χ4v) is 3.54. The number of benzene rings is 1. The highest BCUT2D eigenvalue weighted by Gasteiger charge is 2.46. The van der Waals surface area contributed by atoms with E-state index in [1.54, 1.807) is 12.0 Å². The minimum Gasteiger partial charge on any atom is -0.497 e. The lowest BCUT2D eigenvalue weighted by atomic mass is 9.75. The van der Waals surface area contributed by atoms with Gasteiger partial charge in [-0.1, -0.05) is 0 Å². The lowest BCUT2D eigenvalue weighted by Gasteiger charge is -2.45. The summed E-state index contributed by atoms with van der Waals surface area (Å²) < 4.78 is 10.7. The fourth-order valence-electron chi connectivity index (χ4n) is 3.54. The molecule has 1 fully saturated rings. The zero-order chi connectivity index (χ0) is 18.2. The van der Waals surface area contributed by atoms with Crippen LogP contribution in [-0.4, -0.2) is 54.7 Å². The second-order valence-electron chi connectivity index (χ2n) is 7.76. The van der Waals surface area contributed by atoms with Gasteiger partial charge in [-0.25, -0.2) is 4.79 Å². The molecule has 136 valence electrons. The van der Waals surface area contributed by atoms with Crippen LogP contribution in [0.1, 0.15) is 43.1 Å². The summed E-state index contributed by atoms with van der Waals surface area (Å²) in [6.07, 6.45) is 1.07. The van der Waals surface area contributed by atoms with Crippen LogP contribution in [0.5, 0.6) is 5.75 Å². The largest absolute Gasteiger partial charge is 0.497 e. The van der Waals surface area contributed by atoms with Gasteiger partial charge in [0.2, 0.25) is 0 Å². The van der Waals surface area contributed by atoms with Crippen molar-refractivity contribution in [2.75, 3.05) is 26.7 Å². The van der Waals surface area contributed by atoms with Gasteiger partial charge in [-0.15, -0.1) is 0 Å². The molecule has 3 rings (SSSR count). The van der Waals surface area contributed by atoms with Gasteiger partial charge in [0, 0.05) is 25.2 Å². The first-order valence-corrected chi connectivity index (χ1v) is 8.69. The second-order valence-corrected chi connectivity index (χ2v) is 7.76. The van der Waals surface area contributed by atoms with Crippen LogP contribution in [0.3, 0.4) is 0 Å². The third-order valence-electron chi connectivity index (χ3n) is 4.77. The average Bonchev–Trinajstić information content (AvgIpc) is 2.57. The normalized spacial score (nSPS) is 23.4. The van der Waals surface area contributed by atoms with Crippen LogP contribution in [0, 0.1) is 0 Å². The standard InChI is InChI=1S/C19H26N2O4/c1-18(2,3)25-17(23)21-10-9-20-19(12-21)8-7-13-11-14(24-4)5-6-15(13)16(19)22/h5-6,11,20H,7-10,12H2,1-4H3. The van der Waals surface area contributed by atoms with E-state index in [9.17, 15) is 9.59 Å². The minimum atomic E-state index is -0.725. The Bertz CT molecular complexity index is 695. The van der Waals surface area contributed by atoms with Gasteiger partial charge in [0.05, 0.1) is 7.11 Å². The van der Waals surface area contributed by atoms with Crippen molar-refractivity contribution in [1.29, 1.82) is 0 Å². The van der Waals surface area contributed by atoms with E-state index in [1.807, 2.05) is 39.0 Å². The molecule has 1 aromatic carbocycles. The van der Waals surface area contributed by atoms with E-state index in [4.69, 9.17) is 9.47 Å². The first-order chi connectivity index (χ1) is 11.7. The fraction of sp³-hybridized carbons (Fsp3) is 0.579. The lowest BCUT2D eigenvalue weighted by molar-refractivity contribution is 0.0121. The third kappa shape index (κ3) is 3.49. The summed E-state index contributed by atoms with van der Waals surface area (Å²) in [6.45, 7) is 7.00. The van der Waals surface area contributed by atoms with E-state index in [0.717, 1.165) is 17.7 Å². The van der Waals surface area contributed by atoms with Gasteiger partial charge in [0.25, 0.3) is 0 Å². The van der Waals surface area contributed by atoms with E-state index in [1.165, 1.54) is 0 Å². The minimum absolute atomic E-state index is 0.0460. The molecule has 6 heteroatoms. The summed E-state index contributed by atoms with van der Waals surface area (Å²) in [5.74, 6) is 0.805. The van der Waals surface area contributed by atoms with E-state index < -0.39 is 11.1 Å². The highest BCUT2D eigenvalue weighted by Crippen LogP contribution is 2.33. The number of nitrogens with one attached hydrogen (secondary N) is 1. The van der Waals surface area contributed by atoms with Gasteiger partial charge in [-0.05, 0) is 57.4 Å². The zero-order valence-corrected chi connectivity index (χ0v) is 15.3. The smallest absolute Gasteiger partial charge is 0.410 e. The van der Waals surface area contributed by atoms with Crippen LogP contribution < -0.4 is 10.1 Å². The van der Waals surface area contributed by atoms with Crippen LogP contribution in [0.25, 0.3) is 0 Å². The number of ether oxygens (including phenoxy) is 2. The predicted molar refractivity (Wildman–Crippen MR) is 94.2 cm³/mol. The molecule has 1 N–H and O–H groups in total. The summed E-state index contributed by atoms with van der Waals surface area (Å²) >= 11 is 0. The van der Waals surface area contributed by atoms with Gasteiger partial charge >= 0.3 is 6.09 Å². The van der Waals surface area contributed by atoms with Crippen molar-refractivity contribution in [2.24, 2.45) is 0 Å². The molecule has 0 saturated carbocycles. The van der Waals surface area contributed by atoms with E-state index in [2.05, 4.69) is 5.32 Å². The zero-order valence-electron chi connectivity index (χ0n) is 15.3. The van der Waals surface area contributed by atoms with E-state index in [0.29, 0.717) is 31.6 Å². The maximum absolute atomic E-state index is 13.2. The van der Waals surface area contributed by atoms with Gasteiger partial charge < -0.3 is 19.7 Å². The molecule has 1 heterocycles. The quantitative estimate of drug-likeness (QED) is 0.846. The molecule has 6 nitrogen and oxygen atoms in total. The number of hydrogen-bond donors (Lipinski definition) is 1. The number of Topliss-reactive ketones (excluding diaryl/α,β-unsaturated/α-hetero) is 1. The lowest BCUT2D eigenvalue weighted by Crippen LogP contribution is -2.66. The van der Waals surface area contributed by atoms with Gasteiger partial charge in [0.15, 0.2) is 5.78 Å². The number of methoxy groups -OCH3 is 1. The number of carbonyl (C=O) groups is 2. The maximum Gasteiger partial charge on any atom is 0.410 e. The molecule has 0 bridgehead atoms. The van der Waals surface area contributed by atoms with Crippen LogP contribution in [0.15, 0.2) is 18.2 Å². The highest BCUT2D eigenvalue weighted by molar-refractivity contribution is 6.06. The van der Waals surface area contributed by atoms with Crippen LogP contribution in [0.4, 0.5) is 4.79 Å². The molecule has 1 spiro atoms. The summed E-state index contributed by atoms with van der Waals surface area (Å²) in [5, 5.41) is 3.37. The molecule has 1 amide bonds. The number of aryl methyl sites for hydroxylation is 1. The molecular weight excluding hydrogens is 320 g/mol. The SMILES string of the molecule is COc1ccc2c(c1)CCC1(CN(C(=O)OC(C)(C)C)CCN1)C2=O. The number of nitrogens with zero attached hydrogens (tertiary/aromatic N) is 1. The molecule has 0 radical (unpaired) electrons. The summed E-state index contributed by atoms with van der Waals surface area (Å²) in [7, 11) is 1.62. The van der Waals surface area contributed by atoms with E-state index >= 15 is 0 Å². The topological polar surface area (TPSA) is 67.9 Å². The van der Waals surface area contributed by atoms with Crippen molar-refractivity contribution in [1.82, 2.24) is 10.2 Å². The molecular formula is C19H26N2O4. The van der Waals surface area contributed by atoms with Crippen LogP contribution >= 0.6 is 0 Å². The number of rotatable bonds is 1. The van der Waals surface area contributed by atoms with Crippen molar-refractivity contribution >= 4 is 11.9 Å². The van der Waals surface area contributed by atoms with Crippen molar-refractivity contribution in [3.8, 4) is 5.75 Å². The Balaban J connectivity index is 1.82. The Morgan fingerprint density at radius 2 is 2.08 bits per heavy atom. The molecule has 1 unspecified atom stereocenters. The Labute approximate surface area is 148 Å². The molecule has 1 atom stereocenters. The molecule has 0 aromatic heterocycles. The van der Waals surface area contributed by atoms with Crippen molar-refractivity contribution < 1.29 is 19.1 Å². The number of hydrogen-bond acceptors (Lipinski definition) is 5. The monoisotopic (exact) mass is 346 g/mol. The van der Waals surface area contributed by atoms with Gasteiger partial charge in [-0.3, -0.25) is 4.79 Å². The first kappa shape index (κ1) is 17.7. The maximum atomic E-state index is 13.2. The summed E-state index contributed by atoms with van der Waals surface area (Å²) in [6, 6.07) is 5.56. The second kappa shape index (κ2) is 6.33.